The fraction of sp³-hybridized carbons (Fsp3) is 0.161. The maximum absolute atomic E-state index is 14.6. The second-order valence-corrected chi connectivity index (χ2v) is 8.32. The molecule has 0 unspecified atom stereocenters. The number of hydrogen-bond acceptors (Lipinski definition) is 1. The predicted molar refractivity (Wildman–Crippen MR) is 134 cm³/mol. The molecule has 0 aliphatic rings. The Balaban J connectivity index is 1.50. The maximum Gasteiger partial charge on any atom is 0.195 e. The average molecular weight is 504 g/mol. The molecule has 0 atom stereocenters. The molecule has 0 aliphatic heterocycles. The highest BCUT2D eigenvalue weighted by Gasteiger charge is 2.13. The van der Waals surface area contributed by atoms with E-state index in [9.17, 15) is 22.0 Å². The molecule has 0 saturated carbocycles. The minimum absolute atomic E-state index is 0.0749. The number of ether oxygens (including phenoxy) is 1. The molecular formula is C31H21F5O. The van der Waals surface area contributed by atoms with Crippen LogP contribution in [0.25, 0.3) is 10.8 Å². The Kier molecular flexibility index (Phi) is 8.11. The topological polar surface area (TPSA) is 9.23 Å². The van der Waals surface area contributed by atoms with Crippen molar-refractivity contribution in [3.63, 3.8) is 0 Å². The van der Waals surface area contributed by atoms with E-state index in [0.29, 0.717) is 12.2 Å². The number of rotatable bonds is 5. The molecule has 0 fully saturated rings. The second kappa shape index (κ2) is 11.6. The molecule has 0 N–H and O–H groups in total. The molecular weight excluding hydrogens is 483 g/mol. The Labute approximate surface area is 211 Å². The van der Waals surface area contributed by atoms with Gasteiger partial charge in [0.2, 0.25) is 0 Å². The van der Waals surface area contributed by atoms with Gasteiger partial charge in [0.1, 0.15) is 17.4 Å². The van der Waals surface area contributed by atoms with Crippen LogP contribution in [0.1, 0.15) is 48.4 Å². The zero-order valence-electron chi connectivity index (χ0n) is 19.9. The summed E-state index contributed by atoms with van der Waals surface area (Å²) in [7, 11) is 0. The van der Waals surface area contributed by atoms with Crippen molar-refractivity contribution in [1.82, 2.24) is 0 Å². The van der Waals surface area contributed by atoms with Crippen LogP contribution >= 0.6 is 0 Å². The molecule has 0 aliphatic carbocycles. The van der Waals surface area contributed by atoms with Gasteiger partial charge in [-0.05, 0) is 66.4 Å². The van der Waals surface area contributed by atoms with E-state index in [4.69, 9.17) is 4.74 Å². The summed E-state index contributed by atoms with van der Waals surface area (Å²) in [6.45, 7) is 2.77. The number of halogens is 5. The van der Waals surface area contributed by atoms with Gasteiger partial charge in [0.05, 0.1) is 12.2 Å². The van der Waals surface area contributed by atoms with Crippen molar-refractivity contribution >= 4 is 10.8 Å². The van der Waals surface area contributed by atoms with Crippen LogP contribution in [-0.4, -0.2) is 6.61 Å². The van der Waals surface area contributed by atoms with Crippen LogP contribution in [0, 0.1) is 52.8 Å². The molecule has 0 amide bonds. The van der Waals surface area contributed by atoms with Crippen LogP contribution in [0.15, 0.2) is 60.7 Å². The van der Waals surface area contributed by atoms with Gasteiger partial charge >= 0.3 is 0 Å². The molecule has 0 saturated heterocycles. The molecule has 186 valence electrons. The van der Waals surface area contributed by atoms with Gasteiger partial charge in [-0.2, -0.15) is 0 Å². The monoisotopic (exact) mass is 504 g/mol. The summed E-state index contributed by atoms with van der Waals surface area (Å²) in [5, 5.41) is -0.0512. The SMILES string of the molecule is CCCCCOc1ccc(C#Cc2cc(F)c(C#Cc3ccc4c(F)c(F)c(F)cc4c3)c(F)c2)cc1. The van der Waals surface area contributed by atoms with Gasteiger partial charge < -0.3 is 4.74 Å². The van der Waals surface area contributed by atoms with Crippen LogP contribution in [0.3, 0.4) is 0 Å². The van der Waals surface area contributed by atoms with Crippen LogP contribution in [-0.2, 0) is 0 Å². The van der Waals surface area contributed by atoms with Crippen LogP contribution in [0.5, 0.6) is 5.75 Å². The van der Waals surface area contributed by atoms with E-state index >= 15 is 0 Å². The van der Waals surface area contributed by atoms with E-state index in [0.717, 1.165) is 43.2 Å². The Morgan fingerprint density at radius 2 is 1.27 bits per heavy atom. The number of hydrogen-bond donors (Lipinski definition) is 0. The van der Waals surface area contributed by atoms with Crippen molar-refractivity contribution in [2.45, 2.75) is 26.2 Å². The van der Waals surface area contributed by atoms with E-state index in [1.807, 2.05) is 0 Å². The van der Waals surface area contributed by atoms with Crippen molar-refractivity contribution in [3.8, 4) is 29.4 Å². The van der Waals surface area contributed by atoms with Crippen molar-refractivity contribution < 1.29 is 26.7 Å². The average Bonchev–Trinajstić information content (AvgIpc) is 2.89. The van der Waals surface area contributed by atoms with E-state index in [1.165, 1.54) is 18.2 Å². The Hall–Kier alpha value is -4.29. The number of fused-ring (bicyclic) bond motifs is 1. The summed E-state index contributed by atoms with van der Waals surface area (Å²) in [5.41, 5.74) is 0.582. The molecule has 4 aromatic rings. The Bertz CT molecular complexity index is 1540. The number of unbranched alkanes of at least 4 members (excludes halogenated alkanes) is 2. The third-order valence-electron chi connectivity index (χ3n) is 5.57. The van der Waals surface area contributed by atoms with Crippen molar-refractivity contribution in [3.05, 3.63) is 112 Å². The zero-order chi connectivity index (χ0) is 26.4. The van der Waals surface area contributed by atoms with Gasteiger partial charge in [-0.3, -0.25) is 0 Å². The third-order valence-corrected chi connectivity index (χ3v) is 5.57. The van der Waals surface area contributed by atoms with Crippen molar-refractivity contribution in [1.29, 1.82) is 0 Å². The van der Waals surface area contributed by atoms with Crippen LogP contribution in [0.4, 0.5) is 22.0 Å². The Morgan fingerprint density at radius 3 is 1.97 bits per heavy atom. The van der Waals surface area contributed by atoms with Crippen molar-refractivity contribution in [2.24, 2.45) is 0 Å². The summed E-state index contributed by atoms with van der Waals surface area (Å²) in [5.74, 6) is 5.31. The van der Waals surface area contributed by atoms with E-state index in [-0.39, 0.29) is 21.9 Å². The highest BCUT2D eigenvalue weighted by atomic mass is 19.2. The molecule has 0 heterocycles. The lowest BCUT2D eigenvalue weighted by molar-refractivity contribution is 0.306. The smallest absolute Gasteiger partial charge is 0.195 e. The molecule has 4 rings (SSSR count). The standard InChI is InChI=1S/C31H21F5O/c1-2-3-4-15-37-24-11-7-20(8-12-24)5-6-22-17-27(32)26(28(33)18-22)14-10-21-9-13-25-23(16-21)19-29(34)31(36)30(25)35/h7-9,11-13,16-19H,2-4,15H2,1H3. The van der Waals surface area contributed by atoms with Crippen LogP contribution in [0.2, 0.25) is 0 Å². The first-order valence-corrected chi connectivity index (χ1v) is 11.7. The first-order chi connectivity index (χ1) is 17.9. The first kappa shape index (κ1) is 25.8. The molecule has 37 heavy (non-hydrogen) atoms. The molecule has 0 radical (unpaired) electrons. The van der Waals surface area contributed by atoms with Gasteiger partial charge in [0.25, 0.3) is 0 Å². The molecule has 1 nitrogen and oxygen atoms in total. The quantitative estimate of drug-likeness (QED) is 0.116. The largest absolute Gasteiger partial charge is 0.494 e. The normalized spacial score (nSPS) is 10.4. The molecule has 6 heteroatoms. The predicted octanol–water partition coefficient (Wildman–Crippen LogP) is 7.90. The molecule has 0 spiro atoms. The third kappa shape index (κ3) is 6.29. The minimum atomic E-state index is -1.57. The first-order valence-electron chi connectivity index (χ1n) is 11.7. The van der Waals surface area contributed by atoms with E-state index in [2.05, 4.69) is 30.6 Å². The fourth-order valence-electron chi connectivity index (χ4n) is 3.60. The van der Waals surface area contributed by atoms with Crippen LogP contribution < -0.4 is 4.74 Å². The summed E-state index contributed by atoms with van der Waals surface area (Å²) in [4.78, 5) is 0. The minimum Gasteiger partial charge on any atom is -0.494 e. The molecule has 4 aromatic carbocycles. The van der Waals surface area contributed by atoms with Crippen molar-refractivity contribution in [2.75, 3.05) is 6.61 Å². The second-order valence-electron chi connectivity index (χ2n) is 8.32. The van der Waals surface area contributed by atoms with E-state index in [1.54, 1.807) is 24.3 Å². The lowest BCUT2D eigenvalue weighted by atomic mass is 10.1. The van der Waals surface area contributed by atoms with Gasteiger partial charge in [0, 0.05) is 22.1 Å². The summed E-state index contributed by atoms with van der Waals surface area (Å²) >= 11 is 0. The Morgan fingerprint density at radius 1 is 0.622 bits per heavy atom. The summed E-state index contributed by atoms with van der Waals surface area (Å²) in [6, 6.07) is 14.0. The van der Waals surface area contributed by atoms with Gasteiger partial charge in [-0.1, -0.05) is 49.5 Å². The zero-order valence-corrected chi connectivity index (χ0v) is 19.9. The lowest BCUT2D eigenvalue weighted by Gasteiger charge is -2.05. The van der Waals surface area contributed by atoms with Gasteiger partial charge in [-0.15, -0.1) is 0 Å². The van der Waals surface area contributed by atoms with Gasteiger partial charge in [-0.25, -0.2) is 22.0 Å². The van der Waals surface area contributed by atoms with Gasteiger partial charge in [0.15, 0.2) is 17.5 Å². The lowest BCUT2D eigenvalue weighted by Crippen LogP contribution is -1.96. The van der Waals surface area contributed by atoms with E-state index < -0.39 is 34.6 Å². The highest BCUT2D eigenvalue weighted by Crippen LogP contribution is 2.24. The molecule has 0 aromatic heterocycles. The summed E-state index contributed by atoms with van der Waals surface area (Å²) in [6.07, 6.45) is 3.21. The maximum atomic E-state index is 14.6. The number of benzene rings is 4. The fourth-order valence-corrected chi connectivity index (χ4v) is 3.60. The summed E-state index contributed by atoms with van der Waals surface area (Å²) < 4.78 is 75.7. The molecule has 0 bridgehead atoms. The highest BCUT2D eigenvalue weighted by molar-refractivity contribution is 5.84.